The molecule has 0 fully saturated rings. The predicted octanol–water partition coefficient (Wildman–Crippen LogP) is 2.28. The summed E-state index contributed by atoms with van der Waals surface area (Å²) in [5.41, 5.74) is -0.558. The highest BCUT2D eigenvalue weighted by Gasteiger charge is 2.21. The second kappa shape index (κ2) is 5.14. The van der Waals surface area contributed by atoms with Crippen molar-refractivity contribution in [3.8, 4) is 5.75 Å². The van der Waals surface area contributed by atoms with E-state index < -0.39 is 11.4 Å². The van der Waals surface area contributed by atoms with Crippen LogP contribution in [0.4, 0.5) is 10.1 Å². The lowest BCUT2D eigenvalue weighted by Gasteiger charge is -2.21. The van der Waals surface area contributed by atoms with E-state index in [9.17, 15) is 9.18 Å². The van der Waals surface area contributed by atoms with Gasteiger partial charge >= 0.3 is 0 Å². The van der Waals surface area contributed by atoms with E-state index in [1.807, 2.05) is 0 Å². The molecule has 0 unspecified atom stereocenters. The number of carbonyl (C=O) groups excluding carboxylic acids is 1. The van der Waals surface area contributed by atoms with Gasteiger partial charge in [0.1, 0.15) is 11.6 Å². The summed E-state index contributed by atoms with van der Waals surface area (Å²) < 4.78 is 18.4. The Kier molecular flexibility index (Phi) is 4.07. The molecular formula is C12H16FNO3. The van der Waals surface area contributed by atoms with Crippen molar-refractivity contribution in [3.63, 3.8) is 0 Å². The number of amides is 1. The molecule has 2 N–H and O–H groups in total. The van der Waals surface area contributed by atoms with Crippen LogP contribution >= 0.6 is 0 Å². The van der Waals surface area contributed by atoms with Crippen molar-refractivity contribution in [2.75, 3.05) is 12.4 Å². The van der Waals surface area contributed by atoms with Crippen LogP contribution in [-0.2, 0) is 9.53 Å². The monoisotopic (exact) mass is 241 g/mol. The maximum absolute atomic E-state index is 13.3. The molecule has 1 aromatic carbocycles. The summed E-state index contributed by atoms with van der Waals surface area (Å²) in [6.45, 7) is 3.53. The fourth-order valence-electron chi connectivity index (χ4n) is 1.26. The Bertz CT molecular complexity index is 418. The van der Waals surface area contributed by atoms with Gasteiger partial charge in [-0.1, -0.05) is 0 Å². The van der Waals surface area contributed by atoms with Gasteiger partial charge in [0.15, 0.2) is 0 Å². The molecule has 4 nitrogen and oxygen atoms in total. The Balaban J connectivity index is 2.69. The van der Waals surface area contributed by atoms with E-state index in [2.05, 4.69) is 5.32 Å². The van der Waals surface area contributed by atoms with Crippen molar-refractivity contribution in [1.82, 2.24) is 0 Å². The van der Waals surface area contributed by atoms with Crippen LogP contribution in [-0.4, -0.2) is 23.7 Å². The molecule has 0 aromatic heterocycles. The molecule has 0 aliphatic carbocycles. The summed E-state index contributed by atoms with van der Waals surface area (Å²) in [5, 5.41) is 11.4. The largest absolute Gasteiger partial charge is 0.508 e. The number of benzene rings is 1. The van der Waals surface area contributed by atoms with E-state index in [1.165, 1.54) is 19.2 Å². The van der Waals surface area contributed by atoms with E-state index in [4.69, 9.17) is 9.84 Å². The zero-order valence-corrected chi connectivity index (χ0v) is 10.1. The maximum Gasteiger partial charge on any atom is 0.227 e. The Morgan fingerprint density at radius 1 is 1.53 bits per heavy atom. The number of rotatable bonds is 4. The van der Waals surface area contributed by atoms with Gasteiger partial charge in [-0.3, -0.25) is 4.79 Å². The average Bonchev–Trinajstić information content (AvgIpc) is 2.21. The van der Waals surface area contributed by atoms with Gasteiger partial charge < -0.3 is 15.2 Å². The number of hydrogen-bond donors (Lipinski definition) is 2. The minimum atomic E-state index is -0.673. The summed E-state index contributed by atoms with van der Waals surface area (Å²) in [5.74, 6) is -1.20. The molecule has 0 saturated heterocycles. The Morgan fingerprint density at radius 2 is 2.18 bits per heavy atom. The third-order valence-electron chi connectivity index (χ3n) is 2.37. The Hall–Kier alpha value is -1.62. The van der Waals surface area contributed by atoms with Crippen LogP contribution < -0.4 is 5.32 Å². The molecule has 0 bridgehead atoms. The van der Waals surface area contributed by atoms with Crippen molar-refractivity contribution in [2.24, 2.45) is 0 Å². The molecule has 0 aliphatic rings. The molecule has 1 aromatic rings. The molecule has 0 heterocycles. The normalized spacial score (nSPS) is 11.3. The Labute approximate surface area is 99.4 Å². The summed E-state index contributed by atoms with van der Waals surface area (Å²) in [6.07, 6.45) is 0.115. The highest BCUT2D eigenvalue weighted by atomic mass is 19.1. The van der Waals surface area contributed by atoms with Crippen LogP contribution in [0.3, 0.4) is 0 Å². The van der Waals surface area contributed by atoms with Gasteiger partial charge in [0.2, 0.25) is 5.91 Å². The third kappa shape index (κ3) is 4.03. The lowest BCUT2D eigenvalue weighted by molar-refractivity contribution is -0.121. The number of methoxy groups -OCH3 is 1. The summed E-state index contributed by atoms with van der Waals surface area (Å²) in [4.78, 5) is 11.6. The van der Waals surface area contributed by atoms with E-state index in [-0.39, 0.29) is 23.8 Å². The maximum atomic E-state index is 13.3. The van der Waals surface area contributed by atoms with Gasteiger partial charge in [-0.25, -0.2) is 4.39 Å². The molecule has 1 amide bonds. The highest BCUT2D eigenvalue weighted by molar-refractivity contribution is 5.91. The first-order valence-corrected chi connectivity index (χ1v) is 5.17. The summed E-state index contributed by atoms with van der Waals surface area (Å²) >= 11 is 0. The molecule has 1 rings (SSSR count). The molecular weight excluding hydrogens is 225 g/mol. The highest BCUT2D eigenvalue weighted by Crippen LogP contribution is 2.20. The number of aromatic hydroxyl groups is 1. The van der Waals surface area contributed by atoms with E-state index in [0.29, 0.717) is 0 Å². The van der Waals surface area contributed by atoms with Crippen LogP contribution in [0.5, 0.6) is 5.75 Å². The van der Waals surface area contributed by atoms with E-state index >= 15 is 0 Å². The smallest absolute Gasteiger partial charge is 0.227 e. The van der Waals surface area contributed by atoms with Crippen LogP contribution in [0, 0.1) is 5.82 Å². The summed E-state index contributed by atoms with van der Waals surface area (Å²) in [7, 11) is 1.51. The second-order valence-electron chi connectivity index (χ2n) is 4.35. The number of carbonyl (C=O) groups is 1. The zero-order valence-electron chi connectivity index (χ0n) is 10.1. The van der Waals surface area contributed by atoms with Gasteiger partial charge in [0.05, 0.1) is 17.7 Å². The predicted molar refractivity (Wildman–Crippen MR) is 62.4 cm³/mol. The van der Waals surface area contributed by atoms with Crippen LogP contribution in [0.1, 0.15) is 20.3 Å². The molecule has 0 radical (unpaired) electrons. The van der Waals surface area contributed by atoms with Crippen molar-refractivity contribution in [2.45, 2.75) is 25.9 Å². The molecule has 0 spiro atoms. The molecule has 0 atom stereocenters. The van der Waals surface area contributed by atoms with E-state index in [0.717, 1.165) is 6.07 Å². The van der Waals surface area contributed by atoms with Crippen LogP contribution in [0.15, 0.2) is 18.2 Å². The van der Waals surface area contributed by atoms with Crippen LogP contribution in [0.25, 0.3) is 0 Å². The van der Waals surface area contributed by atoms with Gasteiger partial charge in [-0.2, -0.15) is 0 Å². The fraction of sp³-hybridized carbons (Fsp3) is 0.417. The lowest BCUT2D eigenvalue weighted by atomic mass is 10.0. The molecule has 17 heavy (non-hydrogen) atoms. The molecule has 5 heteroatoms. The number of anilines is 1. The lowest BCUT2D eigenvalue weighted by Crippen LogP contribution is -2.29. The van der Waals surface area contributed by atoms with Gasteiger partial charge in [0.25, 0.3) is 0 Å². The number of halogens is 1. The summed E-state index contributed by atoms with van der Waals surface area (Å²) in [6, 6.07) is 3.56. The fourth-order valence-corrected chi connectivity index (χ4v) is 1.26. The Morgan fingerprint density at radius 3 is 2.71 bits per heavy atom. The first-order valence-electron chi connectivity index (χ1n) is 5.17. The van der Waals surface area contributed by atoms with Crippen molar-refractivity contribution in [1.29, 1.82) is 0 Å². The minimum Gasteiger partial charge on any atom is -0.508 e. The number of phenols is 1. The first-order chi connectivity index (χ1) is 7.84. The van der Waals surface area contributed by atoms with Crippen molar-refractivity contribution in [3.05, 3.63) is 24.0 Å². The van der Waals surface area contributed by atoms with E-state index in [1.54, 1.807) is 13.8 Å². The minimum absolute atomic E-state index is 0.0414. The van der Waals surface area contributed by atoms with Gasteiger partial charge in [-0.15, -0.1) is 0 Å². The van der Waals surface area contributed by atoms with Gasteiger partial charge in [-0.05, 0) is 26.0 Å². The first kappa shape index (κ1) is 13.4. The standard InChI is InChI=1S/C12H16FNO3/c1-12(2,17-3)7-11(16)14-10-5-4-8(15)6-9(10)13/h4-6,15H,7H2,1-3H3,(H,14,16). The molecule has 0 saturated carbocycles. The van der Waals surface area contributed by atoms with Crippen molar-refractivity contribution >= 4 is 11.6 Å². The zero-order chi connectivity index (χ0) is 13.1. The number of ether oxygens (including phenoxy) is 1. The quantitative estimate of drug-likeness (QED) is 0.795. The number of phenolic OH excluding ortho intramolecular Hbond substituents is 1. The number of hydrogen-bond acceptors (Lipinski definition) is 3. The molecule has 0 aliphatic heterocycles. The third-order valence-corrected chi connectivity index (χ3v) is 2.37. The van der Waals surface area contributed by atoms with Crippen molar-refractivity contribution < 1.29 is 19.0 Å². The second-order valence-corrected chi connectivity index (χ2v) is 4.35. The molecule has 94 valence electrons. The average molecular weight is 241 g/mol. The SMILES string of the molecule is COC(C)(C)CC(=O)Nc1ccc(O)cc1F. The topological polar surface area (TPSA) is 58.6 Å². The van der Waals surface area contributed by atoms with Crippen LogP contribution in [0.2, 0.25) is 0 Å². The van der Waals surface area contributed by atoms with Gasteiger partial charge in [0, 0.05) is 13.2 Å². The number of nitrogens with one attached hydrogen (secondary N) is 1.